The second kappa shape index (κ2) is 8.32. The molecule has 4 aromatic rings. The smallest absolute Gasteiger partial charge is 0.261 e. The summed E-state index contributed by atoms with van der Waals surface area (Å²) in [5.41, 5.74) is 3.27. The van der Waals surface area contributed by atoms with Gasteiger partial charge in [-0.3, -0.25) is 14.2 Å². The second-order valence-corrected chi connectivity index (χ2v) is 7.47. The molecular weight excluding hydrogens is 382 g/mol. The van der Waals surface area contributed by atoms with Crippen molar-refractivity contribution in [3.05, 3.63) is 89.2 Å². The molecule has 0 fully saturated rings. The van der Waals surface area contributed by atoms with Crippen molar-refractivity contribution in [1.82, 2.24) is 9.55 Å². The Morgan fingerprint density at radius 1 is 0.966 bits per heavy atom. The van der Waals surface area contributed by atoms with Crippen LogP contribution >= 0.6 is 11.8 Å². The SMILES string of the molecule is Cn1c(SCC(=O)Nc2ccccc2-c2ccccc2)nc2ccccc2c1=O. The van der Waals surface area contributed by atoms with Crippen molar-refractivity contribution in [2.45, 2.75) is 5.16 Å². The first-order chi connectivity index (χ1) is 14.1. The lowest BCUT2D eigenvalue weighted by molar-refractivity contribution is -0.113. The van der Waals surface area contributed by atoms with E-state index in [2.05, 4.69) is 10.3 Å². The molecule has 0 aliphatic carbocycles. The van der Waals surface area contributed by atoms with Gasteiger partial charge in [-0.25, -0.2) is 4.98 Å². The van der Waals surface area contributed by atoms with E-state index in [1.54, 1.807) is 19.2 Å². The summed E-state index contributed by atoms with van der Waals surface area (Å²) < 4.78 is 1.48. The van der Waals surface area contributed by atoms with Crippen LogP contribution in [0, 0.1) is 0 Å². The first-order valence-corrected chi connectivity index (χ1v) is 10.1. The number of carbonyl (C=O) groups excluding carboxylic acids is 1. The van der Waals surface area contributed by atoms with Crippen molar-refractivity contribution in [3.8, 4) is 11.1 Å². The van der Waals surface area contributed by atoms with Crippen molar-refractivity contribution in [1.29, 1.82) is 0 Å². The number of benzene rings is 3. The van der Waals surface area contributed by atoms with E-state index in [-0.39, 0.29) is 17.2 Å². The molecular formula is C23H19N3O2S. The minimum atomic E-state index is -0.152. The molecule has 1 aromatic heterocycles. The lowest BCUT2D eigenvalue weighted by Crippen LogP contribution is -2.21. The van der Waals surface area contributed by atoms with Gasteiger partial charge in [-0.15, -0.1) is 0 Å². The van der Waals surface area contributed by atoms with Crippen LogP contribution in [0.4, 0.5) is 5.69 Å². The van der Waals surface area contributed by atoms with Crippen LogP contribution in [0.1, 0.15) is 0 Å². The summed E-state index contributed by atoms with van der Waals surface area (Å²) in [6, 6.07) is 24.8. The molecule has 3 aromatic carbocycles. The highest BCUT2D eigenvalue weighted by atomic mass is 32.2. The quantitative estimate of drug-likeness (QED) is 0.399. The molecule has 1 amide bonds. The molecule has 0 spiro atoms. The fourth-order valence-electron chi connectivity index (χ4n) is 3.10. The first-order valence-electron chi connectivity index (χ1n) is 9.16. The maximum Gasteiger partial charge on any atom is 0.261 e. The van der Waals surface area contributed by atoms with Gasteiger partial charge in [0.15, 0.2) is 5.16 Å². The number of nitrogens with one attached hydrogen (secondary N) is 1. The van der Waals surface area contributed by atoms with E-state index in [1.807, 2.05) is 66.7 Å². The summed E-state index contributed by atoms with van der Waals surface area (Å²) in [4.78, 5) is 29.6. The predicted octanol–water partition coefficient (Wildman–Crippen LogP) is 4.33. The average molecular weight is 401 g/mol. The maximum absolute atomic E-state index is 12.6. The molecule has 0 unspecified atom stereocenters. The Kier molecular flexibility index (Phi) is 5.44. The van der Waals surface area contributed by atoms with E-state index in [0.29, 0.717) is 16.1 Å². The zero-order valence-corrected chi connectivity index (χ0v) is 16.6. The monoisotopic (exact) mass is 401 g/mol. The van der Waals surface area contributed by atoms with Gasteiger partial charge in [0.25, 0.3) is 5.56 Å². The van der Waals surface area contributed by atoms with Crippen LogP contribution in [0.5, 0.6) is 0 Å². The van der Waals surface area contributed by atoms with Crippen LogP contribution in [-0.2, 0) is 11.8 Å². The third kappa shape index (κ3) is 4.07. The Bertz CT molecular complexity index is 1240. The highest BCUT2D eigenvalue weighted by molar-refractivity contribution is 7.99. The third-order valence-electron chi connectivity index (χ3n) is 4.56. The van der Waals surface area contributed by atoms with Crippen molar-refractivity contribution < 1.29 is 4.79 Å². The second-order valence-electron chi connectivity index (χ2n) is 6.52. The van der Waals surface area contributed by atoms with E-state index in [1.165, 1.54) is 16.3 Å². The summed E-state index contributed by atoms with van der Waals surface area (Å²) in [7, 11) is 1.67. The van der Waals surface area contributed by atoms with Crippen molar-refractivity contribution in [2.75, 3.05) is 11.1 Å². The number of anilines is 1. The topological polar surface area (TPSA) is 64.0 Å². The van der Waals surface area contributed by atoms with E-state index in [9.17, 15) is 9.59 Å². The zero-order chi connectivity index (χ0) is 20.2. The highest BCUT2D eigenvalue weighted by Gasteiger charge is 2.12. The average Bonchev–Trinajstić information content (AvgIpc) is 2.76. The summed E-state index contributed by atoms with van der Waals surface area (Å²) in [6.45, 7) is 0. The van der Waals surface area contributed by atoms with Crippen LogP contribution in [0.25, 0.3) is 22.0 Å². The fourth-order valence-corrected chi connectivity index (χ4v) is 3.88. The molecule has 0 saturated heterocycles. The molecule has 1 heterocycles. The number of fused-ring (bicyclic) bond motifs is 1. The lowest BCUT2D eigenvalue weighted by Gasteiger charge is -2.12. The van der Waals surface area contributed by atoms with E-state index < -0.39 is 0 Å². The number of para-hydroxylation sites is 2. The Morgan fingerprint density at radius 2 is 1.66 bits per heavy atom. The number of nitrogens with zero attached hydrogens (tertiary/aromatic N) is 2. The largest absolute Gasteiger partial charge is 0.325 e. The van der Waals surface area contributed by atoms with Gasteiger partial charge in [-0.2, -0.15) is 0 Å². The minimum absolute atomic E-state index is 0.118. The molecule has 0 atom stereocenters. The molecule has 0 radical (unpaired) electrons. The zero-order valence-electron chi connectivity index (χ0n) is 15.8. The van der Waals surface area contributed by atoms with Crippen LogP contribution in [-0.4, -0.2) is 21.2 Å². The number of hydrogen-bond acceptors (Lipinski definition) is 4. The van der Waals surface area contributed by atoms with Crippen LogP contribution < -0.4 is 10.9 Å². The van der Waals surface area contributed by atoms with Gasteiger partial charge in [0.05, 0.1) is 16.7 Å². The van der Waals surface area contributed by atoms with Gasteiger partial charge < -0.3 is 5.32 Å². The van der Waals surface area contributed by atoms with E-state index in [4.69, 9.17) is 0 Å². The van der Waals surface area contributed by atoms with Crippen molar-refractivity contribution in [3.63, 3.8) is 0 Å². The summed E-state index contributed by atoms with van der Waals surface area (Å²) in [5.74, 6) is 0.00246. The first kappa shape index (κ1) is 19.0. The van der Waals surface area contributed by atoms with E-state index in [0.717, 1.165) is 16.8 Å². The standard InChI is InChI=1S/C23H19N3O2S/c1-26-22(28)18-12-6-8-14-20(18)25-23(26)29-15-21(27)24-19-13-7-5-11-17(19)16-9-3-2-4-10-16/h2-14H,15H2,1H3,(H,24,27). The fraction of sp³-hybridized carbons (Fsp3) is 0.0870. The molecule has 144 valence electrons. The Labute approximate surface area is 172 Å². The maximum atomic E-state index is 12.6. The number of hydrogen-bond donors (Lipinski definition) is 1. The van der Waals surface area contributed by atoms with Gasteiger partial charge in [-0.05, 0) is 23.8 Å². The molecule has 29 heavy (non-hydrogen) atoms. The molecule has 5 nitrogen and oxygen atoms in total. The third-order valence-corrected chi connectivity index (χ3v) is 5.59. The van der Waals surface area contributed by atoms with Crippen LogP contribution in [0.2, 0.25) is 0 Å². The molecule has 6 heteroatoms. The van der Waals surface area contributed by atoms with Crippen molar-refractivity contribution >= 4 is 34.3 Å². The lowest BCUT2D eigenvalue weighted by atomic mass is 10.0. The molecule has 0 saturated carbocycles. The number of carbonyl (C=O) groups is 1. The van der Waals surface area contributed by atoms with E-state index >= 15 is 0 Å². The van der Waals surface area contributed by atoms with Crippen molar-refractivity contribution in [2.24, 2.45) is 7.05 Å². The molecule has 0 aliphatic rings. The number of amides is 1. The molecule has 0 bridgehead atoms. The summed E-state index contributed by atoms with van der Waals surface area (Å²) >= 11 is 1.24. The Morgan fingerprint density at radius 3 is 2.48 bits per heavy atom. The van der Waals surface area contributed by atoms with Gasteiger partial charge in [0.1, 0.15) is 0 Å². The number of rotatable bonds is 5. The van der Waals surface area contributed by atoms with Crippen LogP contribution in [0.15, 0.2) is 88.8 Å². The molecule has 1 N–H and O–H groups in total. The van der Waals surface area contributed by atoms with Gasteiger partial charge in [0, 0.05) is 18.3 Å². The van der Waals surface area contributed by atoms with Crippen LogP contribution in [0.3, 0.4) is 0 Å². The predicted molar refractivity (Wildman–Crippen MR) is 118 cm³/mol. The van der Waals surface area contributed by atoms with Gasteiger partial charge in [-0.1, -0.05) is 72.4 Å². The molecule has 4 rings (SSSR count). The Balaban J connectivity index is 1.52. The summed E-state index contributed by atoms with van der Waals surface area (Å²) in [6.07, 6.45) is 0. The van der Waals surface area contributed by atoms with Gasteiger partial charge >= 0.3 is 0 Å². The number of thioether (sulfide) groups is 1. The summed E-state index contributed by atoms with van der Waals surface area (Å²) in [5, 5.41) is 4.06. The Hall–Kier alpha value is -3.38. The highest BCUT2D eigenvalue weighted by Crippen LogP contribution is 2.28. The normalized spacial score (nSPS) is 10.8. The minimum Gasteiger partial charge on any atom is -0.325 e. The van der Waals surface area contributed by atoms with Gasteiger partial charge in [0.2, 0.25) is 5.91 Å². The number of aromatic nitrogens is 2. The molecule has 0 aliphatic heterocycles.